The second-order valence-corrected chi connectivity index (χ2v) is 4.68. The van der Waals surface area contributed by atoms with Gasteiger partial charge < -0.3 is 37.8 Å². The molecule has 0 fully saturated rings. The van der Waals surface area contributed by atoms with Crippen molar-refractivity contribution in [3.63, 3.8) is 0 Å². The van der Waals surface area contributed by atoms with Gasteiger partial charge in [-0.15, -0.1) is 0 Å². The molecule has 0 bridgehead atoms. The fraction of sp³-hybridized carbons (Fsp3) is 0.667. The first-order chi connectivity index (χ1) is 8.12. The van der Waals surface area contributed by atoms with Gasteiger partial charge in [-0.2, -0.15) is 10.5 Å². The first-order valence-electron chi connectivity index (χ1n) is 4.19. The Kier molecular flexibility index (Phi) is 16.9. The van der Waals surface area contributed by atoms with Gasteiger partial charge in [-0.05, 0) is 0 Å². The Morgan fingerprint density at radius 2 is 1.11 bits per heavy atom. The van der Waals surface area contributed by atoms with Gasteiger partial charge in [0.05, 0.1) is 53.8 Å². The number of hydrogen-bond acceptors (Lipinski definition) is 10. The zero-order chi connectivity index (χ0) is 14.7. The maximum absolute atomic E-state index is 9.65. The van der Waals surface area contributed by atoms with Crippen LogP contribution in [0.2, 0.25) is 0 Å². The Morgan fingerprint density at radius 3 is 1.26 bits per heavy atom. The Labute approximate surface area is 133 Å². The van der Waals surface area contributed by atoms with Gasteiger partial charge in [-0.3, -0.25) is 0 Å². The van der Waals surface area contributed by atoms with E-state index in [0.717, 1.165) is 0 Å². The molecule has 0 unspecified atom stereocenters. The van der Waals surface area contributed by atoms with Crippen LogP contribution in [0.25, 0.3) is 0 Å². The van der Waals surface area contributed by atoms with E-state index < -0.39 is 15.6 Å². The third-order valence-electron chi connectivity index (χ3n) is 0.927. The summed E-state index contributed by atoms with van der Waals surface area (Å²) in [5.41, 5.74) is 0. The van der Waals surface area contributed by atoms with Gasteiger partial charge >= 0.3 is 31.1 Å². The van der Waals surface area contributed by atoms with Crippen LogP contribution in [0, 0.1) is 53.8 Å². The fourth-order valence-electron chi connectivity index (χ4n) is 0.406. The van der Waals surface area contributed by atoms with Crippen molar-refractivity contribution in [3.05, 3.63) is 0 Å². The van der Waals surface area contributed by atoms with Crippen molar-refractivity contribution in [1.29, 1.82) is 10.5 Å². The van der Waals surface area contributed by atoms with E-state index in [0.29, 0.717) is 0 Å². The van der Waals surface area contributed by atoms with Crippen molar-refractivity contribution < 1.29 is 68.9 Å². The molecule has 0 aromatic heterocycles. The van der Waals surface area contributed by atoms with Crippen LogP contribution in [-0.2, 0) is 18.2 Å². The molecule has 0 aliphatic carbocycles. The fourth-order valence-corrected chi connectivity index (χ4v) is 1.04. The Morgan fingerprint density at radius 1 is 0.842 bits per heavy atom. The largest absolute Gasteiger partial charge is 4.00 e. The summed E-state index contributed by atoms with van der Waals surface area (Å²) in [6.07, 6.45) is -0.178. The number of nitriles is 2. The quantitative estimate of drug-likeness (QED) is 0.259. The molecule has 0 saturated heterocycles. The molecule has 19 heavy (non-hydrogen) atoms. The number of rotatable bonds is 6. The Hall–Kier alpha value is 0.252. The van der Waals surface area contributed by atoms with Crippen LogP contribution in [0.15, 0.2) is 0 Å². The molecule has 0 saturated carbocycles. The molecule has 0 N–H and O–H groups in total. The zero-order valence-electron chi connectivity index (χ0n) is 9.38. The molecule has 0 amide bonds. The summed E-state index contributed by atoms with van der Waals surface area (Å²) in [7, 11) is -9.69. The smallest absolute Gasteiger partial charge is 0.790 e. The van der Waals surface area contributed by atoms with Crippen LogP contribution in [-0.4, -0.2) is 13.2 Å². The minimum absolute atomic E-state index is 0. The molecule has 10 nitrogen and oxygen atoms in total. The second-order valence-electron chi connectivity index (χ2n) is 2.38. The van der Waals surface area contributed by atoms with Crippen LogP contribution >= 0.6 is 15.6 Å². The Bertz CT molecular complexity index is 355. The van der Waals surface area contributed by atoms with Crippen LogP contribution in [0.1, 0.15) is 12.8 Å². The van der Waals surface area contributed by atoms with Gasteiger partial charge in [0.2, 0.25) is 0 Å². The van der Waals surface area contributed by atoms with Crippen LogP contribution in [0.4, 0.5) is 0 Å². The average molecular weight is 536 g/mol. The predicted octanol–water partition coefficient (Wildman–Crippen LogP) is -2.51. The van der Waals surface area contributed by atoms with Crippen LogP contribution in [0.5, 0.6) is 0 Å². The molecule has 104 valence electrons. The standard InChI is InChI=1S/2C3H6NO4P.U/c2*4-2-1-3-8-9(5,6)7;/h2*1,3H2,(H2,5,6,7);/q;;+4/p-4. The van der Waals surface area contributed by atoms with Gasteiger partial charge in [0.15, 0.2) is 0 Å². The van der Waals surface area contributed by atoms with E-state index in [-0.39, 0.29) is 57.2 Å². The van der Waals surface area contributed by atoms with Gasteiger partial charge in [-0.25, -0.2) is 0 Å². The number of phosphoric ester groups is 2. The summed E-state index contributed by atoms with van der Waals surface area (Å²) in [4.78, 5) is 38.6. The van der Waals surface area contributed by atoms with E-state index in [1.807, 2.05) is 0 Å². The maximum atomic E-state index is 9.65. The molecule has 0 heterocycles. The summed E-state index contributed by atoms with van der Waals surface area (Å²) >= 11 is 0. The topological polar surface area (TPSA) is 192 Å². The van der Waals surface area contributed by atoms with Crippen molar-refractivity contribution in [2.75, 3.05) is 13.2 Å². The molecule has 13 heteroatoms. The van der Waals surface area contributed by atoms with E-state index in [9.17, 15) is 28.7 Å². The molecule has 0 aliphatic heterocycles. The number of phosphoric acid groups is 2. The SMILES string of the molecule is N#CCCOP(=O)([O-])[O-].N#CCCOP(=O)([O-])[O-].[U+4]. The van der Waals surface area contributed by atoms with Crippen molar-refractivity contribution in [2.24, 2.45) is 0 Å². The minimum Gasteiger partial charge on any atom is -0.790 e. The first kappa shape index (κ1) is 24.3. The molecule has 0 radical (unpaired) electrons. The molecule has 0 spiro atoms. The summed E-state index contributed by atoms with van der Waals surface area (Å²) in [5.74, 6) is 0. The summed E-state index contributed by atoms with van der Waals surface area (Å²) in [6, 6.07) is 3.23. The van der Waals surface area contributed by atoms with E-state index in [1.54, 1.807) is 12.1 Å². The van der Waals surface area contributed by atoms with Gasteiger partial charge in [0, 0.05) is 0 Å². The van der Waals surface area contributed by atoms with E-state index >= 15 is 0 Å². The van der Waals surface area contributed by atoms with Gasteiger partial charge in [0.25, 0.3) is 0 Å². The molecular formula is C6H8N2O8P2U. The van der Waals surface area contributed by atoms with Crippen LogP contribution < -0.4 is 19.6 Å². The van der Waals surface area contributed by atoms with Gasteiger partial charge in [0.1, 0.15) is 0 Å². The number of nitrogens with zero attached hydrogens (tertiary/aromatic N) is 2. The minimum atomic E-state index is -4.85. The molecular weight excluding hydrogens is 528 g/mol. The van der Waals surface area contributed by atoms with Crippen LogP contribution in [0.3, 0.4) is 0 Å². The molecule has 0 rings (SSSR count). The van der Waals surface area contributed by atoms with E-state index in [4.69, 9.17) is 10.5 Å². The van der Waals surface area contributed by atoms with Crippen molar-refractivity contribution in [3.8, 4) is 12.1 Å². The van der Waals surface area contributed by atoms with Crippen molar-refractivity contribution in [1.82, 2.24) is 0 Å². The predicted molar refractivity (Wildman–Crippen MR) is 47.6 cm³/mol. The molecule has 0 atom stereocenters. The zero-order valence-corrected chi connectivity index (χ0v) is 15.3. The van der Waals surface area contributed by atoms with E-state index in [1.165, 1.54) is 0 Å². The second kappa shape index (κ2) is 13.2. The Balaban J connectivity index is -0.000000256. The average Bonchev–Trinajstić information content (AvgIpc) is 2.16. The third-order valence-corrected chi connectivity index (χ3v) is 1.92. The van der Waals surface area contributed by atoms with Crippen molar-refractivity contribution >= 4 is 15.6 Å². The monoisotopic (exact) mass is 536 g/mol. The first-order valence-corrected chi connectivity index (χ1v) is 7.11. The van der Waals surface area contributed by atoms with E-state index in [2.05, 4.69) is 9.05 Å². The summed E-state index contributed by atoms with van der Waals surface area (Å²) in [6.45, 7) is -0.693. The third kappa shape index (κ3) is 32.1. The van der Waals surface area contributed by atoms with Crippen molar-refractivity contribution in [2.45, 2.75) is 12.8 Å². The summed E-state index contributed by atoms with van der Waals surface area (Å²) < 4.78 is 26.7. The maximum Gasteiger partial charge on any atom is 4.00 e. The molecule has 0 aromatic carbocycles. The molecule has 0 aliphatic rings. The summed E-state index contributed by atoms with van der Waals surface area (Å²) in [5, 5.41) is 15.7. The van der Waals surface area contributed by atoms with Gasteiger partial charge in [-0.1, -0.05) is 0 Å². The number of hydrogen-bond donors (Lipinski definition) is 0. The molecule has 0 aromatic rings. The normalized spacial score (nSPS) is 10.2.